The van der Waals surface area contributed by atoms with E-state index in [9.17, 15) is 19.2 Å². The summed E-state index contributed by atoms with van der Waals surface area (Å²) >= 11 is 6.35. The van der Waals surface area contributed by atoms with Crippen LogP contribution in [0, 0.1) is 18.8 Å². The molecule has 1 aliphatic carbocycles. The Balaban J connectivity index is 1.58. The largest absolute Gasteiger partial charge is 0.349 e. The van der Waals surface area contributed by atoms with E-state index in [0.717, 1.165) is 4.90 Å². The summed E-state index contributed by atoms with van der Waals surface area (Å²) in [6.07, 6.45) is -0.990. The number of rotatable bonds is 2. The number of ketones is 2. The molecule has 2 fully saturated rings. The van der Waals surface area contributed by atoms with Crippen molar-refractivity contribution in [2.75, 3.05) is 4.90 Å². The molecule has 168 valence electrons. The van der Waals surface area contributed by atoms with E-state index in [1.165, 1.54) is 0 Å². The molecule has 1 spiro atoms. The van der Waals surface area contributed by atoms with E-state index in [4.69, 9.17) is 16.3 Å². The van der Waals surface area contributed by atoms with E-state index in [1.807, 2.05) is 0 Å². The number of imide groups is 1. The minimum Gasteiger partial charge on any atom is -0.349 e. The maximum atomic E-state index is 13.8. The molecule has 0 unspecified atom stereocenters. The van der Waals surface area contributed by atoms with E-state index < -0.39 is 46.9 Å². The highest BCUT2D eigenvalue weighted by atomic mass is 35.5. The van der Waals surface area contributed by atoms with Gasteiger partial charge in [-0.3, -0.25) is 19.2 Å². The van der Waals surface area contributed by atoms with E-state index in [-0.39, 0.29) is 11.1 Å². The molecule has 6 nitrogen and oxygen atoms in total. The van der Waals surface area contributed by atoms with Crippen molar-refractivity contribution in [1.82, 2.24) is 0 Å². The van der Waals surface area contributed by atoms with Crippen LogP contribution >= 0.6 is 11.6 Å². The first-order chi connectivity index (χ1) is 16.4. The molecule has 2 amide bonds. The van der Waals surface area contributed by atoms with Gasteiger partial charge in [-0.1, -0.05) is 66.2 Å². The van der Waals surface area contributed by atoms with Crippen LogP contribution in [0.4, 0.5) is 5.69 Å². The van der Waals surface area contributed by atoms with Crippen LogP contribution in [0.5, 0.6) is 0 Å². The molecule has 0 aromatic heterocycles. The molecular weight excluding hydrogens is 454 g/mol. The molecule has 3 aliphatic rings. The number of Topliss-reactive ketones (excluding diaryl/α,β-unsaturated/α-hetero) is 2. The van der Waals surface area contributed by atoms with Gasteiger partial charge >= 0.3 is 0 Å². The Labute approximate surface area is 200 Å². The monoisotopic (exact) mass is 471 g/mol. The number of hydrogen-bond donors (Lipinski definition) is 0. The first-order valence-corrected chi connectivity index (χ1v) is 11.3. The molecule has 0 N–H and O–H groups in total. The fourth-order valence-electron chi connectivity index (χ4n) is 5.56. The zero-order valence-electron chi connectivity index (χ0n) is 18.0. The van der Waals surface area contributed by atoms with Crippen LogP contribution in [0.3, 0.4) is 0 Å². The number of carbonyl (C=O) groups is 4. The Kier molecular flexibility index (Phi) is 4.43. The average molecular weight is 472 g/mol. The normalized spacial score (nSPS) is 24.8. The molecule has 2 aliphatic heterocycles. The number of ether oxygens (including phenoxy) is 1. The number of benzene rings is 3. The SMILES string of the molecule is Cc1c(Cl)cccc1[C@@H]1OC2(C(=O)c3ccccc3C2=O)[C@@H]2C(=O)N(c3ccccc3)C(=O)[C@H]21. The molecular formula is C27H18ClNO5. The minimum atomic E-state index is -2.09. The van der Waals surface area contributed by atoms with E-state index in [1.54, 1.807) is 79.7 Å². The molecule has 2 saturated heterocycles. The number of para-hydroxylation sites is 1. The second kappa shape index (κ2) is 7.19. The zero-order valence-corrected chi connectivity index (χ0v) is 18.8. The van der Waals surface area contributed by atoms with Gasteiger partial charge in [0.05, 0.1) is 23.6 Å². The molecule has 34 heavy (non-hydrogen) atoms. The summed E-state index contributed by atoms with van der Waals surface area (Å²) in [5, 5.41) is 0.461. The van der Waals surface area contributed by atoms with Crippen molar-refractivity contribution in [3.63, 3.8) is 0 Å². The number of hydrogen-bond acceptors (Lipinski definition) is 5. The lowest BCUT2D eigenvalue weighted by Crippen LogP contribution is -2.51. The van der Waals surface area contributed by atoms with Crippen LogP contribution < -0.4 is 4.90 Å². The van der Waals surface area contributed by atoms with Crippen molar-refractivity contribution in [3.8, 4) is 0 Å². The molecule has 2 heterocycles. The van der Waals surface area contributed by atoms with Gasteiger partial charge < -0.3 is 4.74 Å². The lowest BCUT2D eigenvalue weighted by molar-refractivity contribution is -0.127. The van der Waals surface area contributed by atoms with Gasteiger partial charge in [0, 0.05) is 16.1 Å². The first-order valence-electron chi connectivity index (χ1n) is 10.9. The van der Waals surface area contributed by atoms with Crippen molar-refractivity contribution < 1.29 is 23.9 Å². The van der Waals surface area contributed by atoms with Gasteiger partial charge in [0.25, 0.3) is 0 Å². The standard InChI is InChI=1S/C27H18ClNO5/c1-14-16(12-7-13-19(14)28)22-20-21(26(33)29(25(20)32)15-8-3-2-4-9-15)27(34-22)23(30)17-10-5-6-11-18(17)24(27)31/h2-13,20-22H,1H3/t20-,21+,22+/m1/s1. The van der Waals surface area contributed by atoms with Crippen LogP contribution in [0.2, 0.25) is 5.02 Å². The second-order valence-electron chi connectivity index (χ2n) is 8.78. The van der Waals surface area contributed by atoms with Crippen molar-refractivity contribution >= 4 is 40.7 Å². The molecule has 3 aromatic carbocycles. The highest BCUT2D eigenvalue weighted by Crippen LogP contribution is 2.58. The van der Waals surface area contributed by atoms with Crippen LogP contribution in [-0.4, -0.2) is 29.0 Å². The third-order valence-corrected chi connectivity index (χ3v) is 7.56. The summed E-state index contributed by atoms with van der Waals surface area (Å²) in [5.41, 5.74) is -0.0598. The van der Waals surface area contributed by atoms with Gasteiger partial charge in [-0.15, -0.1) is 0 Å². The fraction of sp³-hybridized carbons (Fsp3) is 0.185. The first kappa shape index (κ1) is 21.0. The predicted octanol–water partition coefficient (Wildman–Crippen LogP) is 4.34. The van der Waals surface area contributed by atoms with Crippen LogP contribution in [0.15, 0.2) is 72.8 Å². The molecule has 3 atom stereocenters. The zero-order chi connectivity index (χ0) is 23.8. The van der Waals surface area contributed by atoms with Crippen molar-refractivity contribution in [1.29, 1.82) is 0 Å². The Morgan fingerprint density at radius 1 is 0.794 bits per heavy atom. The van der Waals surface area contributed by atoms with E-state index >= 15 is 0 Å². The minimum absolute atomic E-state index is 0.202. The van der Waals surface area contributed by atoms with Crippen molar-refractivity contribution in [2.45, 2.75) is 18.6 Å². The Bertz CT molecular complexity index is 1380. The highest BCUT2D eigenvalue weighted by molar-refractivity contribution is 6.37. The number of anilines is 1. The number of carbonyl (C=O) groups excluding carboxylic acids is 4. The molecule has 0 bridgehead atoms. The Morgan fingerprint density at radius 3 is 2.06 bits per heavy atom. The summed E-state index contributed by atoms with van der Waals surface area (Å²) in [6.45, 7) is 1.78. The van der Waals surface area contributed by atoms with Crippen molar-refractivity contribution in [3.05, 3.63) is 100 Å². The lowest BCUT2D eigenvalue weighted by atomic mass is 9.77. The summed E-state index contributed by atoms with van der Waals surface area (Å²) in [4.78, 5) is 56.2. The van der Waals surface area contributed by atoms with Gasteiger partial charge in [-0.2, -0.15) is 0 Å². The van der Waals surface area contributed by atoms with E-state index in [2.05, 4.69) is 0 Å². The summed E-state index contributed by atoms with van der Waals surface area (Å²) in [6, 6.07) is 20.1. The highest BCUT2D eigenvalue weighted by Gasteiger charge is 2.74. The summed E-state index contributed by atoms with van der Waals surface area (Å²) in [7, 11) is 0. The molecule has 7 heteroatoms. The maximum Gasteiger partial charge on any atom is 0.241 e. The van der Waals surface area contributed by atoms with Crippen LogP contribution in [0.25, 0.3) is 0 Å². The fourth-order valence-corrected chi connectivity index (χ4v) is 5.75. The third kappa shape index (κ3) is 2.50. The van der Waals surface area contributed by atoms with Crippen molar-refractivity contribution in [2.24, 2.45) is 11.8 Å². The Morgan fingerprint density at radius 2 is 1.41 bits per heavy atom. The second-order valence-corrected chi connectivity index (χ2v) is 9.19. The average Bonchev–Trinajstić information content (AvgIpc) is 3.41. The molecule has 3 aromatic rings. The van der Waals surface area contributed by atoms with Gasteiger partial charge in [0.1, 0.15) is 0 Å². The van der Waals surface area contributed by atoms with Crippen LogP contribution in [-0.2, 0) is 14.3 Å². The lowest BCUT2D eigenvalue weighted by Gasteiger charge is -2.27. The third-order valence-electron chi connectivity index (χ3n) is 7.15. The topological polar surface area (TPSA) is 80.8 Å². The number of halogens is 1. The maximum absolute atomic E-state index is 13.8. The smallest absolute Gasteiger partial charge is 0.241 e. The number of fused-ring (bicyclic) bond motifs is 3. The Hall–Kier alpha value is -3.61. The van der Waals surface area contributed by atoms with Gasteiger partial charge in [-0.25, -0.2) is 4.90 Å². The molecule has 0 radical (unpaired) electrons. The quantitative estimate of drug-likeness (QED) is 0.410. The molecule has 6 rings (SSSR count). The van der Waals surface area contributed by atoms with E-state index in [0.29, 0.717) is 21.8 Å². The summed E-state index contributed by atoms with van der Waals surface area (Å²) < 4.78 is 6.30. The molecule has 0 saturated carbocycles. The predicted molar refractivity (Wildman–Crippen MR) is 124 cm³/mol. The van der Waals surface area contributed by atoms with Gasteiger partial charge in [-0.05, 0) is 36.2 Å². The van der Waals surface area contributed by atoms with Gasteiger partial charge in [0.15, 0.2) is 0 Å². The van der Waals surface area contributed by atoms with Crippen LogP contribution in [0.1, 0.15) is 37.9 Å². The summed E-state index contributed by atoms with van der Waals surface area (Å²) in [5.74, 6) is -4.61. The van der Waals surface area contributed by atoms with Gasteiger partial charge in [0.2, 0.25) is 29.0 Å². The number of amides is 2. The number of nitrogens with zero attached hydrogens (tertiary/aromatic N) is 1.